The van der Waals surface area contributed by atoms with E-state index in [1.165, 1.54) is 5.57 Å². The third kappa shape index (κ3) is 5.85. The summed E-state index contributed by atoms with van der Waals surface area (Å²) in [5.41, 5.74) is 4.89. The zero-order valence-electron chi connectivity index (χ0n) is 25.5. The highest BCUT2D eigenvalue weighted by Gasteiger charge is 2.51. The molecule has 2 fully saturated rings. The Morgan fingerprint density at radius 3 is 2.27 bits per heavy atom. The Hall–Kier alpha value is -2.64. The van der Waals surface area contributed by atoms with Crippen molar-refractivity contribution in [3.63, 3.8) is 0 Å². The molecule has 3 aromatic rings. The van der Waals surface area contributed by atoms with Gasteiger partial charge in [0.25, 0.3) is 0 Å². The normalized spacial score (nSPS) is 24.5. The molecule has 2 aliphatic rings. The maximum Gasteiger partial charge on any atom is 0.494 e. The molecule has 1 saturated carbocycles. The maximum atomic E-state index is 9.99. The molecule has 218 valence electrons. The lowest BCUT2D eigenvalue weighted by molar-refractivity contribution is 0.00578. The van der Waals surface area contributed by atoms with Gasteiger partial charge in [0, 0.05) is 11.0 Å². The average Bonchev–Trinajstić information content (AvgIpc) is 3.16. The number of benzene rings is 3. The van der Waals surface area contributed by atoms with Crippen LogP contribution in [0.2, 0.25) is 0 Å². The molecule has 41 heavy (non-hydrogen) atoms. The van der Waals surface area contributed by atoms with E-state index in [-0.39, 0.29) is 36.9 Å². The van der Waals surface area contributed by atoms with E-state index in [0.717, 1.165) is 64.4 Å². The summed E-state index contributed by atoms with van der Waals surface area (Å²) < 4.78 is 18.7. The van der Waals surface area contributed by atoms with Gasteiger partial charge in [-0.05, 0) is 105 Å². The van der Waals surface area contributed by atoms with E-state index in [1.54, 1.807) is 0 Å². The lowest BCUT2D eigenvalue weighted by Gasteiger charge is -2.42. The minimum absolute atomic E-state index is 0.0558. The highest BCUT2D eigenvalue weighted by molar-refractivity contribution is 6.62. The number of allylic oxidation sites excluding steroid dienone is 1. The van der Waals surface area contributed by atoms with Gasteiger partial charge in [-0.1, -0.05) is 62.4 Å². The monoisotopic (exact) mass is 556 g/mol. The largest absolute Gasteiger partial charge is 0.494 e. The molecule has 3 aromatic carbocycles. The van der Waals surface area contributed by atoms with Crippen LogP contribution in [0, 0.1) is 5.92 Å². The van der Waals surface area contributed by atoms with Gasteiger partial charge in [0.15, 0.2) is 0 Å². The van der Waals surface area contributed by atoms with Crippen molar-refractivity contribution in [2.24, 2.45) is 5.92 Å². The van der Waals surface area contributed by atoms with E-state index >= 15 is 0 Å². The van der Waals surface area contributed by atoms with Crippen LogP contribution in [0.4, 0.5) is 0 Å². The Kier molecular flexibility index (Phi) is 8.17. The van der Waals surface area contributed by atoms with E-state index in [0.29, 0.717) is 5.92 Å². The number of aliphatic hydroxyl groups excluding tert-OH is 2. The van der Waals surface area contributed by atoms with E-state index in [4.69, 9.17) is 14.0 Å². The number of rotatable bonds is 8. The van der Waals surface area contributed by atoms with Crippen molar-refractivity contribution < 1.29 is 24.3 Å². The summed E-state index contributed by atoms with van der Waals surface area (Å²) in [6.45, 7) is 17.0. The number of ether oxygens (including phenoxy) is 1. The predicted octanol–water partition coefficient (Wildman–Crippen LogP) is 6.56. The van der Waals surface area contributed by atoms with Gasteiger partial charge < -0.3 is 24.3 Å². The molecule has 2 N–H and O–H groups in total. The topological polar surface area (TPSA) is 68.2 Å². The first-order chi connectivity index (χ1) is 19.4. The highest BCUT2D eigenvalue weighted by atomic mass is 16.7. The van der Waals surface area contributed by atoms with Crippen LogP contribution in [0.15, 0.2) is 66.7 Å². The minimum Gasteiger partial charge on any atom is -0.490 e. The van der Waals surface area contributed by atoms with Gasteiger partial charge in [0.1, 0.15) is 18.5 Å². The van der Waals surface area contributed by atoms with Crippen molar-refractivity contribution >= 4 is 23.4 Å². The molecule has 1 saturated heterocycles. The summed E-state index contributed by atoms with van der Waals surface area (Å²) >= 11 is 0. The summed E-state index contributed by atoms with van der Waals surface area (Å²) in [6, 6.07) is 19.4. The molecule has 3 atom stereocenters. The first kappa shape index (κ1) is 29.8. The van der Waals surface area contributed by atoms with Crippen molar-refractivity contribution in [1.82, 2.24) is 0 Å². The Labute approximate surface area is 245 Å². The Morgan fingerprint density at radius 2 is 1.61 bits per heavy atom. The van der Waals surface area contributed by atoms with E-state index < -0.39 is 6.10 Å². The van der Waals surface area contributed by atoms with E-state index in [2.05, 4.69) is 96.7 Å². The molecule has 5 rings (SSSR count). The molecule has 0 amide bonds. The Morgan fingerprint density at radius 1 is 0.976 bits per heavy atom. The zero-order valence-corrected chi connectivity index (χ0v) is 25.5. The van der Waals surface area contributed by atoms with Gasteiger partial charge in [-0.3, -0.25) is 0 Å². The lowest BCUT2D eigenvalue weighted by Crippen LogP contribution is -2.41. The summed E-state index contributed by atoms with van der Waals surface area (Å²) in [7, 11) is -0.388. The quantitative estimate of drug-likeness (QED) is 0.243. The van der Waals surface area contributed by atoms with Crippen LogP contribution in [-0.2, 0) is 14.7 Å². The molecule has 0 aromatic heterocycles. The summed E-state index contributed by atoms with van der Waals surface area (Å²) in [5, 5.41) is 21.6. The summed E-state index contributed by atoms with van der Waals surface area (Å²) in [4.78, 5) is 0. The molecular formula is C35H45BO5. The number of fused-ring (bicyclic) bond motifs is 1. The molecule has 0 radical (unpaired) electrons. The third-order valence-electron chi connectivity index (χ3n) is 9.56. The molecule has 0 spiro atoms. The smallest absolute Gasteiger partial charge is 0.490 e. The third-order valence-corrected chi connectivity index (χ3v) is 9.56. The number of hydrogen-bond acceptors (Lipinski definition) is 5. The van der Waals surface area contributed by atoms with Crippen molar-refractivity contribution in [2.75, 3.05) is 13.2 Å². The number of hydrogen-bond donors (Lipinski definition) is 2. The second-order valence-electron chi connectivity index (χ2n) is 13.3. The molecule has 1 aliphatic carbocycles. The van der Waals surface area contributed by atoms with Gasteiger partial charge in [0.05, 0.1) is 17.8 Å². The van der Waals surface area contributed by atoms with Crippen molar-refractivity contribution in [3.8, 4) is 16.9 Å². The van der Waals surface area contributed by atoms with Gasteiger partial charge >= 0.3 is 7.12 Å². The fourth-order valence-electron chi connectivity index (χ4n) is 6.58. The molecule has 3 unspecified atom stereocenters. The highest BCUT2D eigenvalue weighted by Crippen LogP contribution is 2.50. The summed E-state index contributed by atoms with van der Waals surface area (Å²) in [5.74, 6) is 1.31. The number of aliphatic hydroxyl groups is 2. The van der Waals surface area contributed by atoms with Crippen LogP contribution in [0.5, 0.6) is 5.75 Å². The fourth-order valence-corrected chi connectivity index (χ4v) is 6.58. The minimum atomic E-state index is -0.914. The molecule has 6 heteroatoms. The molecule has 1 heterocycles. The second kappa shape index (κ2) is 11.2. The zero-order chi connectivity index (χ0) is 29.6. The summed E-state index contributed by atoms with van der Waals surface area (Å²) in [6.07, 6.45) is 3.10. The van der Waals surface area contributed by atoms with Crippen LogP contribution in [0.3, 0.4) is 0 Å². The van der Waals surface area contributed by atoms with Crippen LogP contribution >= 0.6 is 0 Å². The van der Waals surface area contributed by atoms with Crippen LogP contribution < -0.4 is 10.2 Å². The van der Waals surface area contributed by atoms with Gasteiger partial charge in [-0.2, -0.15) is 0 Å². The van der Waals surface area contributed by atoms with Crippen molar-refractivity contribution in [1.29, 1.82) is 0 Å². The molecule has 0 bridgehead atoms. The Bertz CT molecular complexity index is 1410. The van der Waals surface area contributed by atoms with Crippen LogP contribution in [-0.4, -0.2) is 47.9 Å². The first-order valence-electron chi connectivity index (χ1n) is 15.0. The van der Waals surface area contributed by atoms with Gasteiger partial charge in [0.2, 0.25) is 0 Å². The van der Waals surface area contributed by atoms with Crippen molar-refractivity contribution in [3.05, 3.63) is 72.3 Å². The first-order valence-corrected chi connectivity index (χ1v) is 15.0. The fraction of sp³-hybridized carbons (Fsp3) is 0.486. The van der Waals surface area contributed by atoms with Crippen LogP contribution in [0.1, 0.15) is 72.8 Å². The van der Waals surface area contributed by atoms with E-state index in [1.807, 2.05) is 6.07 Å². The maximum absolute atomic E-state index is 9.99. The average molecular weight is 557 g/mol. The van der Waals surface area contributed by atoms with Gasteiger partial charge in [-0.25, -0.2) is 0 Å². The van der Waals surface area contributed by atoms with Gasteiger partial charge in [-0.15, -0.1) is 0 Å². The molecule has 1 aliphatic heterocycles. The van der Waals surface area contributed by atoms with E-state index in [9.17, 15) is 10.2 Å². The lowest BCUT2D eigenvalue weighted by atomic mass is 9.63. The second-order valence-corrected chi connectivity index (χ2v) is 13.3. The predicted molar refractivity (Wildman–Crippen MR) is 168 cm³/mol. The van der Waals surface area contributed by atoms with Crippen LogP contribution in [0.25, 0.3) is 21.9 Å². The SMILES string of the molecule is C=C1CC(C)CC(CC)(c2cc(-c3ccc4cc(B5OC(C)(C)C(C)(C)O5)ccc4c3)ccc2OCC(O)CO)C1. The molecular weight excluding hydrogens is 511 g/mol. The van der Waals surface area contributed by atoms with Crippen molar-refractivity contribution in [2.45, 2.75) is 89.9 Å². The Balaban J connectivity index is 1.50. The standard InChI is InChI=1S/C35H45BO5/c1-8-35(19-23(2)15-24(3)20-35)31-18-28(12-14-32(31)39-22-30(38)21-37)25-9-10-27-17-29(13-11-26(27)16-25)36-40-33(4,5)34(6,7)41-36/h9-14,16-18,24,30,37-38H,2,8,15,19-22H2,1,3-7H3. The molecule has 5 nitrogen and oxygen atoms in total.